The molecule has 13 heavy (non-hydrogen) atoms. The molecule has 0 saturated heterocycles. The van der Waals surface area contributed by atoms with E-state index in [2.05, 4.69) is 9.97 Å². The number of hydrogen-bond donors (Lipinski definition) is 0. The second-order valence-corrected chi connectivity index (χ2v) is 3.38. The third kappa shape index (κ3) is 1.18. The number of rotatable bonds is 1. The number of carbonyl (C=O) groups is 1. The summed E-state index contributed by atoms with van der Waals surface area (Å²) in [4.78, 5) is 21.6. The van der Waals surface area contributed by atoms with E-state index >= 15 is 0 Å². The van der Waals surface area contributed by atoms with Crippen molar-refractivity contribution in [2.24, 2.45) is 0 Å². The largest absolute Gasteiger partial charge is 0.329 e. The molecule has 2 rings (SSSR count). The Morgan fingerprint density at radius 3 is 2.69 bits per heavy atom. The molecule has 1 amide bonds. The lowest BCUT2D eigenvalue weighted by atomic mass is 10.3. The Kier molecular flexibility index (Phi) is 1.76. The fourth-order valence-electron chi connectivity index (χ4n) is 1.45. The number of carbonyl (C=O) groups excluding carboxylic acids is 1. The van der Waals surface area contributed by atoms with Crippen LogP contribution in [0.2, 0.25) is 0 Å². The summed E-state index contributed by atoms with van der Waals surface area (Å²) in [6.45, 7) is 4.58. The fraction of sp³-hybridized carbons (Fsp3) is 0.444. The highest BCUT2D eigenvalue weighted by molar-refractivity contribution is 5.95. The Morgan fingerprint density at radius 1 is 1.38 bits per heavy atom. The van der Waals surface area contributed by atoms with E-state index in [0.717, 1.165) is 5.69 Å². The van der Waals surface area contributed by atoms with Gasteiger partial charge in [-0.05, 0) is 13.8 Å². The number of amides is 1. The summed E-state index contributed by atoms with van der Waals surface area (Å²) in [5, 5.41) is 0. The maximum Gasteiger partial charge on any atom is 0.275 e. The highest BCUT2D eigenvalue weighted by atomic mass is 16.2. The van der Waals surface area contributed by atoms with Crippen LogP contribution in [0.3, 0.4) is 0 Å². The number of fused-ring (bicyclic) bond motifs is 1. The summed E-state index contributed by atoms with van der Waals surface area (Å²) in [6.07, 6.45) is 3.18. The van der Waals surface area contributed by atoms with Crippen LogP contribution < -0.4 is 0 Å². The second-order valence-electron chi connectivity index (χ2n) is 3.38. The van der Waals surface area contributed by atoms with Crippen molar-refractivity contribution < 1.29 is 4.79 Å². The lowest BCUT2D eigenvalue weighted by molar-refractivity contribution is 0.0726. The van der Waals surface area contributed by atoms with E-state index < -0.39 is 0 Å². The lowest BCUT2D eigenvalue weighted by Crippen LogP contribution is -2.31. The molecule has 0 radical (unpaired) electrons. The molecule has 1 aliphatic rings. The third-order valence-corrected chi connectivity index (χ3v) is 2.18. The van der Waals surface area contributed by atoms with Crippen LogP contribution in [0.4, 0.5) is 0 Å². The SMILES string of the molecule is CC(C)N1Cc2nccnc2C1=O. The third-order valence-electron chi connectivity index (χ3n) is 2.18. The molecule has 4 nitrogen and oxygen atoms in total. The van der Waals surface area contributed by atoms with E-state index in [0.29, 0.717) is 12.2 Å². The highest BCUT2D eigenvalue weighted by Gasteiger charge is 2.30. The Balaban J connectivity index is 2.38. The number of aromatic nitrogens is 2. The van der Waals surface area contributed by atoms with Gasteiger partial charge in [0.25, 0.3) is 5.91 Å². The monoisotopic (exact) mass is 177 g/mol. The standard InChI is InChI=1S/C9H11N3O/c1-6(2)12-5-7-8(9(12)13)11-4-3-10-7/h3-4,6H,5H2,1-2H3. The predicted molar refractivity (Wildman–Crippen MR) is 47.0 cm³/mol. The normalized spacial score (nSPS) is 15.3. The van der Waals surface area contributed by atoms with Gasteiger partial charge in [-0.3, -0.25) is 9.78 Å². The van der Waals surface area contributed by atoms with E-state index in [9.17, 15) is 4.79 Å². The summed E-state index contributed by atoms with van der Waals surface area (Å²) >= 11 is 0. The summed E-state index contributed by atoms with van der Waals surface area (Å²) < 4.78 is 0. The van der Waals surface area contributed by atoms with Gasteiger partial charge in [0.05, 0.1) is 12.2 Å². The van der Waals surface area contributed by atoms with Gasteiger partial charge in [-0.15, -0.1) is 0 Å². The maximum absolute atomic E-state index is 11.7. The second kappa shape index (κ2) is 2.80. The van der Waals surface area contributed by atoms with Gasteiger partial charge < -0.3 is 4.90 Å². The zero-order valence-electron chi connectivity index (χ0n) is 7.69. The fourth-order valence-corrected chi connectivity index (χ4v) is 1.45. The van der Waals surface area contributed by atoms with E-state index in [4.69, 9.17) is 0 Å². The molecule has 0 fully saturated rings. The minimum absolute atomic E-state index is 0.00176. The van der Waals surface area contributed by atoms with Gasteiger partial charge in [0.15, 0.2) is 5.69 Å². The average molecular weight is 177 g/mol. The average Bonchev–Trinajstić information content (AvgIpc) is 2.45. The van der Waals surface area contributed by atoms with Gasteiger partial charge >= 0.3 is 0 Å². The molecule has 0 aromatic carbocycles. The number of hydrogen-bond acceptors (Lipinski definition) is 3. The molecule has 68 valence electrons. The predicted octanol–water partition coefficient (Wildman–Crippen LogP) is 0.841. The van der Waals surface area contributed by atoms with Crippen molar-refractivity contribution in [3.05, 3.63) is 23.8 Å². The Morgan fingerprint density at radius 2 is 2.08 bits per heavy atom. The molecule has 1 aromatic rings. The molecule has 0 N–H and O–H groups in total. The molecular weight excluding hydrogens is 166 g/mol. The molecule has 0 atom stereocenters. The van der Waals surface area contributed by atoms with Crippen LogP contribution in [0.5, 0.6) is 0 Å². The summed E-state index contributed by atoms with van der Waals surface area (Å²) in [6, 6.07) is 0.212. The van der Waals surface area contributed by atoms with Crippen LogP contribution in [-0.2, 0) is 6.54 Å². The van der Waals surface area contributed by atoms with Crippen LogP contribution in [0.1, 0.15) is 30.0 Å². The topological polar surface area (TPSA) is 46.1 Å². The molecule has 4 heteroatoms. The molecule has 1 aromatic heterocycles. The van der Waals surface area contributed by atoms with Crippen molar-refractivity contribution in [3.63, 3.8) is 0 Å². The molecule has 1 aliphatic heterocycles. The molecule has 0 bridgehead atoms. The first-order chi connectivity index (χ1) is 6.20. The lowest BCUT2D eigenvalue weighted by Gasteiger charge is -2.18. The van der Waals surface area contributed by atoms with E-state index in [1.165, 1.54) is 0 Å². The maximum atomic E-state index is 11.7. The van der Waals surface area contributed by atoms with E-state index in [-0.39, 0.29) is 11.9 Å². The van der Waals surface area contributed by atoms with Crippen LogP contribution in [0, 0.1) is 0 Å². The van der Waals surface area contributed by atoms with E-state index in [1.807, 2.05) is 13.8 Å². The molecule has 2 heterocycles. The highest BCUT2D eigenvalue weighted by Crippen LogP contribution is 2.19. The molecule has 0 aliphatic carbocycles. The van der Waals surface area contributed by atoms with Gasteiger partial charge in [0.2, 0.25) is 0 Å². The Bertz CT molecular complexity index is 348. The van der Waals surface area contributed by atoms with Crippen molar-refractivity contribution in [2.75, 3.05) is 0 Å². The van der Waals surface area contributed by atoms with Crippen molar-refractivity contribution in [1.29, 1.82) is 0 Å². The van der Waals surface area contributed by atoms with E-state index in [1.54, 1.807) is 17.3 Å². The van der Waals surface area contributed by atoms with Crippen LogP contribution in [-0.4, -0.2) is 26.8 Å². The Hall–Kier alpha value is -1.45. The van der Waals surface area contributed by atoms with Gasteiger partial charge in [-0.2, -0.15) is 0 Å². The minimum atomic E-state index is -0.00176. The van der Waals surface area contributed by atoms with Crippen molar-refractivity contribution >= 4 is 5.91 Å². The van der Waals surface area contributed by atoms with Crippen molar-refractivity contribution in [2.45, 2.75) is 26.4 Å². The van der Waals surface area contributed by atoms with Gasteiger partial charge in [-0.25, -0.2) is 4.98 Å². The summed E-state index contributed by atoms with van der Waals surface area (Å²) in [7, 11) is 0. The molecule has 0 spiro atoms. The molecule has 0 saturated carbocycles. The smallest absolute Gasteiger partial charge is 0.275 e. The zero-order chi connectivity index (χ0) is 9.42. The summed E-state index contributed by atoms with van der Waals surface area (Å²) in [5.41, 5.74) is 1.30. The van der Waals surface area contributed by atoms with Crippen LogP contribution in [0.25, 0.3) is 0 Å². The molecule has 0 unspecified atom stereocenters. The number of nitrogens with zero attached hydrogens (tertiary/aromatic N) is 3. The zero-order valence-corrected chi connectivity index (χ0v) is 7.69. The molecular formula is C9H11N3O. The minimum Gasteiger partial charge on any atom is -0.329 e. The van der Waals surface area contributed by atoms with Gasteiger partial charge in [0.1, 0.15) is 0 Å². The first kappa shape index (κ1) is 8.16. The summed E-state index contributed by atoms with van der Waals surface area (Å²) in [5.74, 6) is -0.00176. The van der Waals surface area contributed by atoms with Crippen molar-refractivity contribution in [3.8, 4) is 0 Å². The van der Waals surface area contributed by atoms with Gasteiger partial charge in [0, 0.05) is 18.4 Å². The van der Waals surface area contributed by atoms with Crippen LogP contribution >= 0.6 is 0 Å². The van der Waals surface area contributed by atoms with Crippen LogP contribution in [0.15, 0.2) is 12.4 Å². The Labute approximate surface area is 76.6 Å². The van der Waals surface area contributed by atoms with Crippen molar-refractivity contribution in [1.82, 2.24) is 14.9 Å². The first-order valence-electron chi connectivity index (χ1n) is 4.31. The quantitative estimate of drug-likeness (QED) is 0.638. The van der Waals surface area contributed by atoms with Gasteiger partial charge in [-0.1, -0.05) is 0 Å². The first-order valence-corrected chi connectivity index (χ1v) is 4.31.